The Labute approximate surface area is 128 Å². The topological polar surface area (TPSA) is 84.2 Å². The smallest absolute Gasteiger partial charge is 0.305 e. The van der Waals surface area contributed by atoms with Gasteiger partial charge in [0.25, 0.3) is 0 Å². The van der Waals surface area contributed by atoms with Crippen molar-refractivity contribution in [1.29, 1.82) is 0 Å². The molecule has 0 unspecified atom stereocenters. The van der Waals surface area contributed by atoms with Crippen LogP contribution < -0.4 is 5.32 Å². The molecule has 1 aromatic heterocycles. The first-order valence-corrected chi connectivity index (χ1v) is 7.08. The summed E-state index contributed by atoms with van der Waals surface area (Å²) in [4.78, 5) is 22.3. The van der Waals surface area contributed by atoms with Crippen molar-refractivity contribution >= 4 is 11.9 Å². The molecule has 0 fully saturated rings. The van der Waals surface area contributed by atoms with Crippen LogP contribution in [0.3, 0.4) is 0 Å². The zero-order valence-electron chi connectivity index (χ0n) is 12.7. The summed E-state index contributed by atoms with van der Waals surface area (Å²) in [5.74, 6) is -1.12. The summed E-state index contributed by atoms with van der Waals surface area (Å²) in [5.41, 5.74) is 3.53. The number of aromatic nitrogens is 2. The minimum absolute atomic E-state index is 0.0764. The van der Waals surface area contributed by atoms with Gasteiger partial charge in [-0.2, -0.15) is 5.10 Å². The van der Waals surface area contributed by atoms with E-state index in [0.717, 1.165) is 22.6 Å². The number of carbonyl (C=O) groups is 2. The van der Waals surface area contributed by atoms with Gasteiger partial charge in [-0.15, -0.1) is 0 Å². The van der Waals surface area contributed by atoms with Gasteiger partial charge in [-0.1, -0.05) is 18.2 Å². The van der Waals surface area contributed by atoms with Crippen molar-refractivity contribution in [2.24, 2.45) is 0 Å². The first kappa shape index (κ1) is 15.8. The Morgan fingerprint density at radius 2 is 1.91 bits per heavy atom. The highest BCUT2D eigenvalue weighted by Gasteiger charge is 2.15. The molecule has 2 N–H and O–H groups in total. The van der Waals surface area contributed by atoms with Crippen molar-refractivity contribution in [1.82, 2.24) is 15.1 Å². The van der Waals surface area contributed by atoms with E-state index in [1.807, 2.05) is 48.9 Å². The SMILES string of the molecule is Cc1nn(-c2ccccc2)c(C)c1CC(=O)NCCC(=O)O. The Kier molecular flexibility index (Phi) is 4.93. The fraction of sp³-hybridized carbons (Fsp3) is 0.312. The Hall–Kier alpha value is -2.63. The second kappa shape index (κ2) is 6.89. The number of benzene rings is 1. The standard InChI is InChI=1S/C16H19N3O3/c1-11-14(10-15(20)17-9-8-16(21)22)12(2)19(18-11)13-6-4-3-5-7-13/h3-7H,8-10H2,1-2H3,(H,17,20)(H,21,22). The van der Waals surface area contributed by atoms with Gasteiger partial charge in [0, 0.05) is 17.8 Å². The van der Waals surface area contributed by atoms with Gasteiger partial charge in [0.15, 0.2) is 0 Å². The molecule has 1 amide bonds. The molecule has 6 heteroatoms. The number of hydrogen-bond acceptors (Lipinski definition) is 3. The van der Waals surface area contributed by atoms with Crippen molar-refractivity contribution in [3.63, 3.8) is 0 Å². The largest absolute Gasteiger partial charge is 0.481 e. The Morgan fingerprint density at radius 1 is 1.23 bits per heavy atom. The minimum atomic E-state index is -0.926. The number of rotatable bonds is 6. The van der Waals surface area contributed by atoms with E-state index in [0.29, 0.717) is 0 Å². The molecule has 0 radical (unpaired) electrons. The van der Waals surface area contributed by atoms with Gasteiger partial charge in [0.1, 0.15) is 0 Å². The molecule has 0 spiro atoms. The normalized spacial score (nSPS) is 10.5. The van der Waals surface area contributed by atoms with Crippen LogP contribution in [0.25, 0.3) is 5.69 Å². The predicted octanol–water partition coefficient (Wildman–Crippen LogP) is 1.62. The van der Waals surface area contributed by atoms with E-state index in [4.69, 9.17) is 5.11 Å². The Morgan fingerprint density at radius 3 is 2.55 bits per heavy atom. The van der Waals surface area contributed by atoms with Crippen LogP contribution >= 0.6 is 0 Å². The van der Waals surface area contributed by atoms with Crippen LogP contribution in [-0.2, 0) is 16.0 Å². The molecule has 0 bridgehead atoms. The number of para-hydroxylation sites is 1. The summed E-state index contributed by atoms with van der Waals surface area (Å²) >= 11 is 0. The number of amides is 1. The van der Waals surface area contributed by atoms with Crippen molar-refractivity contribution in [2.45, 2.75) is 26.7 Å². The number of aryl methyl sites for hydroxylation is 1. The molecule has 116 valence electrons. The second-order valence-corrected chi connectivity index (χ2v) is 5.07. The van der Waals surface area contributed by atoms with Crippen LogP contribution in [-0.4, -0.2) is 33.3 Å². The summed E-state index contributed by atoms with van der Waals surface area (Å²) in [6.07, 6.45) is 0.122. The Balaban J connectivity index is 2.11. The lowest BCUT2D eigenvalue weighted by atomic mass is 10.1. The average molecular weight is 301 g/mol. The fourth-order valence-corrected chi connectivity index (χ4v) is 2.28. The van der Waals surface area contributed by atoms with Crippen molar-refractivity contribution < 1.29 is 14.7 Å². The molecular formula is C16H19N3O3. The van der Waals surface area contributed by atoms with Crippen LogP contribution in [0.1, 0.15) is 23.4 Å². The number of carboxylic acid groups (broad SMARTS) is 1. The summed E-state index contributed by atoms with van der Waals surface area (Å²) in [6, 6.07) is 9.71. The third-order valence-electron chi connectivity index (χ3n) is 3.44. The van der Waals surface area contributed by atoms with Gasteiger partial charge in [-0.25, -0.2) is 4.68 Å². The molecule has 0 saturated carbocycles. The number of hydrogen-bond donors (Lipinski definition) is 2. The molecule has 0 atom stereocenters. The molecule has 0 aliphatic heterocycles. The molecule has 1 aromatic carbocycles. The van der Waals surface area contributed by atoms with E-state index in [2.05, 4.69) is 10.4 Å². The fourth-order valence-electron chi connectivity index (χ4n) is 2.28. The van der Waals surface area contributed by atoms with Crippen LogP contribution in [0.4, 0.5) is 0 Å². The van der Waals surface area contributed by atoms with E-state index in [9.17, 15) is 9.59 Å². The van der Waals surface area contributed by atoms with Gasteiger partial charge in [0.05, 0.1) is 24.2 Å². The zero-order chi connectivity index (χ0) is 16.1. The maximum absolute atomic E-state index is 11.9. The summed E-state index contributed by atoms with van der Waals surface area (Å²) < 4.78 is 1.81. The highest BCUT2D eigenvalue weighted by atomic mass is 16.4. The molecule has 2 aromatic rings. The molecule has 22 heavy (non-hydrogen) atoms. The van der Waals surface area contributed by atoms with E-state index >= 15 is 0 Å². The van der Waals surface area contributed by atoms with Crippen molar-refractivity contribution in [3.8, 4) is 5.69 Å². The monoisotopic (exact) mass is 301 g/mol. The summed E-state index contributed by atoms with van der Waals surface area (Å²) in [6.45, 7) is 3.93. The quantitative estimate of drug-likeness (QED) is 0.849. The van der Waals surface area contributed by atoms with Crippen molar-refractivity contribution in [2.75, 3.05) is 6.54 Å². The van der Waals surface area contributed by atoms with Crippen LogP contribution in [0.15, 0.2) is 30.3 Å². The second-order valence-electron chi connectivity index (χ2n) is 5.07. The molecule has 6 nitrogen and oxygen atoms in total. The van der Waals surface area contributed by atoms with Crippen LogP contribution in [0.2, 0.25) is 0 Å². The molecule has 0 aliphatic rings. The molecule has 2 rings (SSSR count). The highest BCUT2D eigenvalue weighted by Crippen LogP contribution is 2.18. The number of nitrogens with zero attached hydrogens (tertiary/aromatic N) is 2. The maximum atomic E-state index is 11.9. The van der Waals surface area contributed by atoms with E-state index in [-0.39, 0.29) is 25.3 Å². The number of aliphatic carboxylic acids is 1. The third-order valence-corrected chi connectivity index (χ3v) is 3.44. The lowest BCUT2D eigenvalue weighted by Crippen LogP contribution is -2.27. The van der Waals surface area contributed by atoms with E-state index in [1.165, 1.54) is 0 Å². The first-order valence-electron chi connectivity index (χ1n) is 7.08. The number of carboxylic acids is 1. The predicted molar refractivity (Wildman–Crippen MR) is 82.0 cm³/mol. The van der Waals surface area contributed by atoms with Gasteiger partial charge in [-0.05, 0) is 26.0 Å². The maximum Gasteiger partial charge on any atom is 0.305 e. The molecule has 0 saturated heterocycles. The Bertz CT molecular complexity index is 677. The zero-order valence-corrected chi connectivity index (χ0v) is 12.7. The van der Waals surface area contributed by atoms with Crippen LogP contribution in [0, 0.1) is 13.8 Å². The first-order chi connectivity index (χ1) is 10.5. The third kappa shape index (κ3) is 3.72. The highest BCUT2D eigenvalue weighted by molar-refractivity contribution is 5.79. The minimum Gasteiger partial charge on any atom is -0.481 e. The van der Waals surface area contributed by atoms with Gasteiger partial charge in [-0.3, -0.25) is 9.59 Å². The van der Waals surface area contributed by atoms with Gasteiger partial charge in [0.2, 0.25) is 5.91 Å². The lowest BCUT2D eigenvalue weighted by Gasteiger charge is -2.06. The van der Waals surface area contributed by atoms with Crippen molar-refractivity contribution in [3.05, 3.63) is 47.3 Å². The van der Waals surface area contributed by atoms with Gasteiger partial charge >= 0.3 is 5.97 Å². The molecule has 1 heterocycles. The molecular weight excluding hydrogens is 282 g/mol. The molecule has 0 aliphatic carbocycles. The van der Waals surface area contributed by atoms with E-state index in [1.54, 1.807) is 0 Å². The average Bonchev–Trinajstić information content (AvgIpc) is 2.76. The summed E-state index contributed by atoms with van der Waals surface area (Å²) in [7, 11) is 0. The van der Waals surface area contributed by atoms with E-state index < -0.39 is 5.97 Å². The lowest BCUT2D eigenvalue weighted by molar-refractivity contribution is -0.136. The van der Waals surface area contributed by atoms with Crippen LogP contribution in [0.5, 0.6) is 0 Å². The number of nitrogens with one attached hydrogen (secondary N) is 1. The van der Waals surface area contributed by atoms with Gasteiger partial charge < -0.3 is 10.4 Å². The number of carbonyl (C=O) groups excluding carboxylic acids is 1. The summed E-state index contributed by atoms with van der Waals surface area (Å²) in [5, 5.41) is 15.7.